The monoisotopic (exact) mass is 454 g/mol. The van der Waals surface area contributed by atoms with E-state index in [9.17, 15) is 9.18 Å². The van der Waals surface area contributed by atoms with Crippen molar-refractivity contribution in [2.75, 3.05) is 33.3 Å². The molecule has 3 rings (SSSR count). The number of ether oxygens (including phenoxy) is 1. The van der Waals surface area contributed by atoms with Gasteiger partial charge in [-0.15, -0.1) is 0 Å². The van der Waals surface area contributed by atoms with Gasteiger partial charge in [0.25, 0.3) is 5.91 Å². The Balaban J connectivity index is 1.56. The number of hydrogen-bond donors (Lipinski definition) is 0. The molecule has 0 unspecified atom stereocenters. The highest BCUT2D eigenvalue weighted by molar-refractivity contribution is 14.1. The molecule has 25 heavy (non-hydrogen) atoms. The van der Waals surface area contributed by atoms with Crippen LogP contribution in [-0.2, 0) is 6.54 Å². The molecular weight excluding hydrogens is 434 g/mol. The SMILES string of the molecule is COc1ccc(CN2CCN(C(=O)c3cccc(I)c3)CC2)cc1F. The summed E-state index contributed by atoms with van der Waals surface area (Å²) in [6.07, 6.45) is 0. The summed E-state index contributed by atoms with van der Waals surface area (Å²) in [6.45, 7) is 3.60. The van der Waals surface area contributed by atoms with Crippen LogP contribution >= 0.6 is 22.6 Å². The highest BCUT2D eigenvalue weighted by Crippen LogP contribution is 2.19. The van der Waals surface area contributed by atoms with Crippen LogP contribution in [0.25, 0.3) is 0 Å². The number of halogens is 2. The fourth-order valence-corrected chi connectivity index (χ4v) is 3.52. The minimum Gasteiger partial charge on any atom is -0.494 e. The van der Waals surface area contributed by atoms with Crippen molar-refractivity contribution in [3.05, 3.63) is 63.0 Å². The van der Waals surface area contributed by atoms with Crippen LogP contribution in [0, 0.1) is 9.39 Å². The lowest BCUT2D eigenvalue weighted by Crippen LogP contribution is -2.48. The largest absolute Gasteiger partial charge is 0.494 e. The summed E-state index contributed by atoms with van der Waals surface area (Å²) in [5.74, 6) is -0.00203. The zero-order chi connectivity index (χ0) is 17.8. The van der Waals surface area contributed by atoms with Gasteiger partial charge in [-0.1, -0.05) is 12.1 Å². The first-order valence-electron chi connectivity index (χ1n) is 8.16. The molecule has 4 nitrogen and oxygen atoms in total. The second kappa shape index (κ2) is 8.14. The number of carbonyl (C=O) groups excluding carboxylic acids is 1. The smallest absolute Gasteiger partial charge is 0.253 e. The molecule has 2 aromatic carbocycles. The van der Waals surface area contributed by atoms with Crippen molar-refractivity contribution in [3.8, 4) is 5.75 Å². The van der Waals surface area contributed by atoms with Crippen molar-refractivity contribution in [1.29, 1.82) is 0 Å². The lowest BCUT2D eigenvalue weighted by Gasteiger charge is -2.34. The third-order valence-corrected chi connectivity index (χ3v) is 5.02. The third kappa shape index (κ3) is 4.49. The number of piperazine rings is 1. The Labute approximate surface area is 160 Å². The van der Waals surface area contributed by atoms with Crippen LogP contribution in [0.2, 0.25) is 0 Å². The highest BCUT2D eigenvalue weighted by atomic mass is 127. The molecule has 2 aromatic rings. The minimum atomic E-state index is -0.340. The van der Waals surface area contributed by atoms with E-state index >= 15 is 0 Å². The molecule has 1 heterocycles. The first-order chi connectivity index (χ1) is 12.1. The number of hydrogen-bond acceptors (Lipinski definition) is 3. The molecule has 0 N–H and O–H groups in total. The first kappa shape index (κ1) is 18.1. The van der Waals surface area contributed by atoms with Gasteiger partial charge in [-0.3, -0.25) is 9.69 Å². The molecule has 1 amide bonds. The van der Waals surface area contributed by atoms with E-state index in [1.54, 1.807) is 6.07 Å². The number of amides is 1. The molecule has 0 aromatic heterocycles. The third-order valence-electron chi connectivity index (χ3n) is 4.35. The predicted molar refractivity (Wildman–Crippen MR) is 103 cm³/mol. The van der Waals surface area contributed by atoms with Gasteiger partial charge in [0.15, 0.2) is 11.6 Å². The Kier molecular flexibility index (Phi) is 5.90. The number of methoxy groups -OCH3 is 1. The van der Waals surface area contributed by atoms with E-state index in [1.165, 1.54) is 13.2 Å². The number of benzene rings is 2. The average molecular weight is 454 g/mol. The van der Waals surface area contributed by atoms with Crippen molar-refractivity contribution in [2.24, 2.45) is 0 Å². The predicted octanol–water partition coefficient (Wildman–Crippen LogP) is 3.40. The maximum absolute atomic E-state index is 13.8. The van der Waals surface area contributed by atoms with Gasteiger partial charge in [-0.2, -0.15) is 0 Å². The van der Waals surface area contributed by atoms with Crippen molar-refractivity contribution < 1.29 is 13.9 Å². The molecule has 1 aliphatic rings. The maximum Gasteiger partial charge on any atom is 0.253 e. The molecule has 6 heteroatoms. The first-order valence-corrected chi connectivity index (χ1v) is 9.24. The lowest BCUT2D eigenvalue weighted by molar-refractivity contribution is 0.0628. The summed E-state index contributed by atoms with van der Waals surface area (Å²) >= 11 is 2.21. The molecule has 1 saturated heterocycles. The Morgan fingerprint density at radius 1 is 1.16 bits per heavy atom. The maximum atomic E-state index is 13.8. The van der Waals surface area contributed by atoms with Crippen LogP contribution in [-0.4, -0.2) is 49.0 Å². The zero-order valence-electron chi connectivity index (χ0n) is 14.0. The molecule has 0 aliphatic carbocycles. The summed E-state index contributed by atoms with van der Waals surface area (Å²) in [6, 6.07) is 12.7. The molecule has 1 fully saturated rings. The number of nitrogens with zero attached hydrogens (tertiary/aromatic N) is 2. The van der Waals surface area contributed by atoms with E-state index in [0.717, 1.165) is 27.8 Å². The Morgan fingerprint density at radius 3 is 2.56 bits per heavy atom. The summed E-state index contributed by atoms with van der Waals surface area (Å²) < 4.78 is 19.8. The number of rotatable bonds is 4. The lowest BCUT2D eigenvalue weighted by atomic mass is 10.1. The Hall–Kier alpha value is -1.67. The average Bonchev–Trinajstić information content (AvgIpc) is 2.62. The van der Waals surface area contributed by atoms with Crippen LogP contribution in [0.5, 0.6) is 5.75 Å². The zero-order valence-corrected chi connectivity index (χ0v) is 16.2. The molecule has 0 atom stereocenters. The Bertz CT molecular complexity index is 761. The van der Waals surface area contributed by atoms with Crippen LogP contribution in [0.1, 0.15) is 15.9 Å². The van der Waals surface area contributed by atoms with E-state index in [0.29, 0.717) is 19.6 Å². The van der Waals surface area contributed by atoms with Gasteiger partial charge in [0.1, 0.15) is 0 Å². The van der Waals surface area contributed by atoms with Gasteiger partial charge in [-0.25, -0.2) is 4.39 Å². The van der Waals surface area contributed by atoms with Gasteiger partial charge in [0.2, 0.25) is 0 Å². The van der Waals surface area contributed by atoms with Crippen LogP contribution in [0.15, 0.2) is 42.5 Å². The number of carbonyl (C=O) groups is 1. The molecule has 0 bridgehead atoms. The summed E-state index contributed by atoms with van der Waals surface area (Å²) in [7, 11) is 1.46. The van der Waals surface area contributed by atoms with E-state index in [-0.39, 0.29) is 17.5 Å². The molecule has 132 valence electrons. The molecular formula is C19H20FIN2O2. The van der Waals surface area contributed by atoms with Crippen LogP contribution < -0.4 is 4.74 Å². The van der Waals surface area contributed by atoms with Crippen molar-refractivity contribution in [2.45, 2.75) is 6.54 Å². The van der Waals surface area contributed by atoms with E-state index in [2.05, 4.69) is 27.5 Å². The molecule has 0 radical (unpaired) electrons. The second-order valence-electron chi connectivity index (χ2n) is 6.05. The highest BCUT2D eigenvalue weighted by Gasteiger charge is 2.22. The quantitative estimate of drug-likeness (QED) is 0.665. The fourth-order valence-electron chi connectivity index (χ4n) is 2.98. The van der Waals surface area contributed by atoms with Gasteiger partial charge in [0.05, 0.1) is 7.11 Å². The van der Waals surface area contributed by atoms with E-state index < -0.39 is 0 Å². The van der Waals surface area contributed by atoms with E-state index in [1.807, 2.05) is 35.2 Å². The Morgan fingerprint density at radius 2 is 1.92 bits per heavy atom. The fraction of sp³-hybridized carbons (Fsp3) is 0.316. The molecule has 1 aliphatic heterocycles. The molecule has 0 saturated carbocycles. The van der Waals surface area contributed by atoms with Gasteiger partial charge < -0.3 is 9.64 Å². The van der Waals surface area contributed by atoms with Gasteiger partial charge in [-0.05, 0) is 58.5 Å². The normalized spacial score (nSPS) is 15.2. The second-order valence-corrected chi connectivity index (χ2v) is 7.29. The van der Waals surface area contributed by atoms with Gasteiger partial charge in [0, 0.05) is 41.9 Å². The van der Waals surface area contributed by atoms with Crippen LogP contribution in [0.3, 0.4) is 0 Å². The topological polar surface area (TPSA) is 32.8 Å². The van der Waals surface area contributed by atoms with Gasteiger partial charge >= 0.3 is 0 Å². The van der Waals surface area contributed by atoms with E-state index in [4.69, 9.17) is 4.74 Å². The summed E-state index contributed by atoms with van der Waals surface area (Å²) in [5, 5.41) is 0. The molecule has 0 spiro atoms. The standard InChI is InChI=1S/C19H20FIN2O2/c1-25-18-6-5-14(11-17(18)20)13-22-7-9-23(10-8-22)19(24)15-3-2-4-16(21)12-15/h2-6,11-12H,7-10,13H2,1H3. The van der Waals surface area contributed by atoms with Crippen molar-refractivity contribution in [3.63, 3.8) is 0 Å². The summed E-state index contributed by atoms with van der Waals surface area (Å²) in [5.41, 5.74) is 1.65. The minimum absolute atomic E-state index is 0.0775. The van der Waals surface area contributed by atoms with Crippen molar-refractivity contribution >= 4 is 28.5 Å². The van der Waals surface area contributed by atoms with Crippen LogP contribution in [0.4, 0.5) is 4.39 Å². The summed E-state index contributed by atoms with van der Waals surface area (Å²) in [4.78, 5) is 16.7. The van der Waals surface area contributed by atoms with Crippen molar-refractivity contribution in [1.82, 2.24) is 9.80 Å².